The van der Waals surface area contributed by atoms with E-state index in [0.29, 0.717) is 25.3 Å². The minimum absolute atomic E-state index is 0.194. The summed E-state index contributed by atoms with van der Waals surface area (Å²) < 4.78 is 10.7. The van der Waals surface area contributed by atoms with E-state index in [2.05, 4.69) is 29.9 Å². The van der Waals surface area contributed by atoms with Crippen molar-refractivity contribution in [3.63, 3.8) is 0 Å². The molecular formula is C16H14N2O2. The lowest BCUT2D eigenvalue weighted by Gasteiger charge is -2.14. The molecule has 0 saturated carbocycles. The van der Waals surface area contributed by atoms with E-state index in [1.54, 1.807) is 29.2 Å². The molecule has 1 heterocycles. The Hall–Kier alpha value is -2.45. The van der Waals surface area contributed by atoms with Gasteiger partial charge in [-0.25, -0.2) is 0 Å². The smallest absolute Gasteiger partial charge is 0.175 e. The molecule has 0 N–H and O–H groups in total. The summed E-state index contributed by atoms with van der Waals surface area (Å²) in [5.41, 5.74) is 1.46. The molecule has 0 amide bonds. The quantitative estimate of drug-likeness (QED) is 0.595. The Morgan fingerprint density at radius 2 is 1.80 bits per heavy atom. The summed E-state index contributed by atoms with van der Waals surface area (Å²) in [5, 5.41) is 8.69. The lowest BCUT2D eigenvalue weighted by molar-refractivity contribution is -0.0510. The van der Waals surface area contributed by atoms with Crippen LogP contribution in [0.25, 0.3) is 0 Å². The number of nitriles is 1. The van der Waals surface area contributed by atoms with Gasteiger partial charge < -0.3 is 14.4 Å². The highest BCUT2D eigenvalue weighted by Gasteiger charge is 2.16. The molecule has 0 unspecified atom stereocenters. The minimum Gasteiger partial charge on any atom is -0.348 e. The fourth-order valence-corrected chi connectivity index (χ4v) is 1.64. The third-order valence-corrected chi connectivity index (χ3v) is 2.64. The largest absolute Gasteiger partial charge is 0.348 e. The number of hydrogen-bond donors (Lipinski definition) is 0. The summed E-state index contributed by atoms with van der Waals surface area (Å²) in [6.45, 7) is 1.89. The maximum atomic E-state index is 8.69. The van der Waals surface area contributed by atoms with E-state index in [1.807, 2.05) is 7.05 Å². The predicted molar refractivity (Wildman–Crippen MR) is 74.1 cm³/mol. The number of benzene rings is 1. The van der Waals surface area contributed by atoms with E-state index in [1.165, 1.54) is 0 Å². The van der Waals surface area contributed by atoms with Gasteiger partial charge in [0, 0.05) is 24.6 Å². The van der Waals surface area contributed by atoms with Crippen molar-refractivity contribution in [1.29, 1.82) is 5.26 Å². The molecule has 100 valence electrons. The van der Waals surface area contributed by atoms with Crippen molar-refractivity contribution in [3.8, 4) is 29.9 Å². The van der Waals surface area contributed by atoms with Gasteiger partial charge in [-0.15, -0.1) is 0 Å². The van der Waals surface area contributed by atoms with Crippen molar-refractivity contribution >= 4 is 0 Å². The predicted octanol–water partition coefficient (Wildman–Crippen LogP) is 1.18. The number of hydrogen-bond acceptors (Lipinski definition) is 4. The molecule has 0 bridgehead atoms. The van der Waals surface area contributed by atoms with Crippen molar-refractivity contribution < 1.29 is 9.47 Å². The summed E-state index contributed by atoms with van der Waals surface area (Å²) in [7, 11) is 1.86. The zero-order valence-corrected chi connectivity index (χ0v) is 11.2. The Bertz CT molecular complexity index is 602. The molecule has 0 spiro atoms. The van der Waals surface area contributed by atoms with Gasteiger partial charge in [-0.2, -0.15) is 5.26 Å². The third kappa shape index (κ3) is 4.34. The fraction of sp³-hybridized carbons (Fsp3) is 0.312. The Kier molecular flexibility index (Phi) is 5.04. The second-order valence-electron chi connectivity index (χ2n) is 4.23. The molecule has 4 heteroatoms. The van der Waals surface area contributed by atoms with Gasteiger partial charge >= 0.3 is 0 Å². The van der Waals surface area contributed by atoms with Gasteiger partial charge in [0.25, 0.3) is 0 Å². The number of ether oxygens (including phenoxy) is 2. The fourth-order valence-electron chi connectivity index (χ4n) is 1.64. The zero-order valence-electron chi connectivity index (χ0n) is 11.2. The van der Waals surface area contributed by atoms with Crippen LogP contribution in [0.2, 0.25) is 0 Å². The van der Waals surface area contributed by atoms with Crippen LogP contribution in [0.5, 0.6) is 0 Å². The third-order valence-electron chi connectivity index (χ3n) is 2.64. The number of rotatable bonds is 2. The second-order valence-corrected chi connectivity index (χ2v) is 4.23. The Labute approximate surface area is 118 Å². The molecule has 1 aromatic carbocycles. The van der Waals surface area contributed by atoms with Crippen LogP contribution in [0, 0.1) is 35.1 Å². The monoisotopic (exact) mass is 266 g/mol. The highest BCUT2D eigenvalue weighted by Crippen LogP contribution is 2.04. The van der Waals surface area contributed by atoms with Gasteiger partial charge in [0.2, 0.25) is 0 Å². The maximum absolute atomic E-state index is 8.69. The zero-order chi connectivity index (χ0) is 14.2. The Balaban J connectivity index is 1.86. The summed E-state index contributed by atoms with van der Waals surface area (Å²) in [5.74, 6) is 8.48. The molecular weight excluding hydrogens is 252 g/mol. The topological polar surface area (TPSA) is 45.5 Å². The van der Waals surface area contributed by atoms with E-state index in [9.17, 15) is 0 Å². The van der Waals surface area contributed by atoms with Gasteiger partial charge in [0.05, 0.1) is 31.4 Å². The lowest BCUT2D eigenvalue weighted by Crippen LogP contribution is -2.26. The van der Waals surface area contributed by atoms with E-state index in [4.69, 9.17) is 14.7 Å². The number of nitrogens with zero attached hydrogens (tertiary/aromatic N) is 2. The first-order valence-electron chi connectivity index (χ1n) is 6.24. The van der Waals surface area contributed by atoms with Crippen molar-refractivity contribution in [2.45, 2.75) is 6.29 Å². The maximum Gasteiger partial charge on any atom is 0.175 e. The standard InChI is InChI=1S/C16H14N2O2/c1-18(13-16-19-10-11-20-16)9-3-2-4-14-5-7-15(12-17)8-6-14/h5-8,16H,10-11,13H2,1H3. The van der Waals surface area contributed by atoms with Gasteiger partial charge in [-0.1, -0.05) is 5.92 Å². The van der Waals surface area contributed by atoms with Crippen LogP contribution in [-0.4, -0.2) is 38.0 Å². The van der Waals surface area contributed by atoms with Crippen molar-refractivity contribution in [2.75, 3.05) is 26.8 Å². The molecule has 4 nitrogen and oxygen atoms in total. The van der Waals surface area contributed by atoms with Crippen LogP contribution in [-0.2, 0) is 9.47 Å². The highest BCUT2D eigenvalue weighted by atomic mass is 16.7. The average molecular weight is 266 g/mol. The van der Waals surface area contributed by atoms with Gasteiger partial charge in [0.1, 0.15) is 0 Å². The first-order valence-corrected chi connectivity index (χ1v) is 6.24. The second kappa shape index (κ2) is 7.22. The van der Waals surface area contributed by atoms with Crippen molar-refractivity contribution in [2.24, 2.45) is 0 Å². The Morgan fingerprint density at radius 3 is 2.45 bits per heavy atom. The van der Waals surface area contributed by atoms with Crippen LogP contribution in [0.1, 0.15) is 11.1 Å². The van der Waals surface area contributed by atoms with E-state index in [0.717, 1.165) is 5.56 Å². The first kappa shape index (κ1) is 14.0. The summed E-state index contributed by atoms with van der Waals surface area (Å²) in [6, 6.07) is 12.0. The molecule has 1 aliphatic heterocycles. The van der Waals surface area contributed by atoms with Crippen molar-refractivity contribution in [1.82, 2.24) is 4.90 Å². The molecule has 0 aromatic heterocycles. The van der Waals surface area contributed by atoms with Crippen molar-refractivity contribution in [3.05, 3.63) is 35.4 Å². The summed E-state index contributed by atoms with van der Waals surface area (Å²) in [6.07, 6.45) is -0.194. The molecule has 0 aliphatic carbocycles. The van der Waals surface area contributed by atoms with E-state index < -0.39 is 0 Å². The van der Waals surface area contributed by atoms with Crippen LogP contribution in [0.4, 0.5) is 0 Å². The minimum atomic E-state index is -0.194. The molecule has 0 radical (unpaired) electrons. The van der Waals surface area contributed by atoms with E-state index >= 15 is 0 Å². The van der Waals surface area contributed by atoms with Crippen LogP contribution in [0.15, 0.2) is 24.3 Å². The average Bonchev–Trinajstić information content (AvgIpc) is 2.97. The molecule has 20 heavy (non-hydrogen) atoms. The van der Waals surface area contributed by atoms with Gasteiger partial charge in [-0.05, 0) is 30.2 Å². The molecule has 1 aliphatic rings. The van der Waals surface area contributed by atoms with Crippen LogP contribution < -0.4 is 0 Å². The van der Waals surface area contributed by atoms with Gasteiger partial charge in [0.15, 0.2) is 6.29 Å². The molecule has 1 fully saturated rings. The summed E-state index contributed by atoms with van der Waals surface area (Å²) >= 11 is 0. The first-order chi connectivity index (χ1) is 9.78. The Morgan fingerprint density at radius 1 is 1.15 bits per heavy atom. The lowest BCUT2D eigenvalue weighted by atomic mass is 10.1. The van der Waals surface area contributed by atoms with Crippen LogP contribution in [0.3, 0.4) is 0 Å². The number of likely N-dealkylation sites (N-methyl/N-ethyl adjacent to an activating group) is 1. The molecule has 0 atom stereocenters. The molecule has 1 saturated heterocycles. The highest BCUT2D eigenvalue weighted by molar-refractivity contribution is 5.42. The summed E-state index contributed by atoms with van der Waals surface area (Å²) in [4.78, 5) is 1.80. The molecule has 2 rings (SSSR count). The normalized spacial score (nSPS) is 13.6. The van der Waals surface area contributed by atoms with E-state index in [-0.39, 0.29) is 6.29 Å². The van der Waals surface area contributed by atoms with Crippen LogP contribution >= 0.6 is 0 Å². The SMILES string of the molecule is CN(C#CC#Cc1ccc(C#N)cc1)CC1OCCO1. The molecule has 1 aromatic rings. The van der Waals surface area contributed by atoms with Gasteiger partial charge in [-0.3, -0.25) is 0 Å².